The number of carbonyl (C=O) groups is 1. The fourth-order valence-electron chi connectivity index (χ4n) is 2.42. The van der Waals surface area contributed by atoms with E-state index in [2.05, 4.69) is 15.7 Å². The van der Waals surface area contributed by atoms with Gasteiger partial charge >= 0.3 is 6.03 Å². The maximum Gasteiger partial charge on any atom is 0.315 e. The Morgan fingerprint density at radius 1 is 1.36 bits per heavy atom. The third-order valence-electron chi connectivity index (χ3n) is 4.32. The molecular weight excluding hydrogens is 280 g/mol. The lowest BCUT2D eigenvalue weighted by atomic mass is 10.0. The van der Waals surface area contributed by atoms with E-state index in [0.29, 0.717) is 0 Å². The molecule has 0 aliphatic carbocycles. The molecule has 0 saturated carbocycles. The molecule has 126 valence electrons. The molecule has 0 aliphatic rings. The number of urea groups is 1. The maximum atomic E-state index is 11.9. The first kappa shape index (κ1) is 18.5. The third kappa shape index (κ3) is 5.02. The summed E-state index contributed by atoms with van der Waals surface area (Å²) in [4.78, 5) is 11.9. The summed E-state index contributed by atoms with van der Waals surface area (Å²) in [5.41, 5.74) is 3.30. The summed E-state index contributed by atoms with van der Waals surface area (Å²) < 4.78 is 1.86. The SMILES string of the molecule is CCC(C)C(O)CNC(=O)NC(C)Cc1c(C)nn(C)c1C. The Balaban J connectivity index is 2.44. The Labute approximate surface area is 133 Å². The van der Waals surface area contributed by atoms with Crippen LogP contribution in [0.3, 0.4) is 0 Å². The molecule has 22 heavy (non-hydrogen) atoms. The Morgan fingerprint density at radius 3 is 2.50 bits per heavy atom. The van der Waals surface area contributed by atoms with Crippen LogP contribution in [0, 0.1) is 19.8 Å². The normalized spacial score (nSPS) is 15.2. The second kappa shape index (κ2) is 8.17. The number of aromatic nitrogens is 2. The summed E-state index contributed by atoms with van der Waals surface area (Å²) >= 11 is 0. The zero-order chi connectivity index (χ0) is 16.9. The Morgan fingerprint density at radius 2 is 2.00 bits per heavy atom. The van der Waals surface area contributed by atoms with Gasteiger partial charge in [-0.1, -0.05) is 20.3 Å². The van der Waals surface area contributed by atoms with Gasteiger partial charge in [-0.15, -0.1) is 0 Å². The van der Waals surface area contributed by atoms with Crippen LogP contribution in [0.5, 0.6) is 0 Å². The van der Waals surface area contributed by atoms with E-state index >= 15 is 0 Å². The highest BCUT2D eigenvalue weighted by molar-refractivity contribution is 5.74. The van der Waals surface area contributed by atoms with Crippen molar-refractivity contribution >= 4 is 6.03 Å². The molecule has 3 unspecified atom stereocenters. The van der Waals surface area contributed by atoms with Gasteiger partial charge in [0.1, 0.15) is 0 Å². The van der Waals surface area contributed by atoms with Crippen molar-refractivity contribution in [2.45, 2.75) is 59.6 Å². The molecular formula is C16H30N4O2. The summed E-state index contributed by atoms with van der Waals surface area (Å²) in [5, 5.41) is 19.9. The number of amides is 2. The molecule has 3 N–H and O–H groups in total. The zero-order valence-corrected chi connectivity index (χ0v) is 14.6. The highest BCUT2D eigenvalue weighted by atomic mass is 16.3. The average Bonchev–Trinajstić information content (AvgIpc) is 2.70. The summed E-state index contributed by atoms with van der Waals surface area (Å²) in [6.07, 6.45) is 1.13. The average molecular weight is 310 g/mol. The van der Waals surface area contributed by atoms with Gasteiger partial charge in [0.2, 0.25) is 0 Å². The maximum absolute atomic E-state index is 11.9. The zero-order valence-electron chi connectivity index (χ0n) is 14.6. The fraction of sp³-hybridized carbons (Fsp3) is 0.750. The van der Waals surface area contributed by atoms with Gasteiger partial charge in [-0.2, -0.15) is 5.10 Å². The number of nitrogens with one attached hydrogen (secondary N) is 2. The Kier molecular flexibility index (Phi) is 6.87. The van der Waals surface area contributed by atoms with Gasteiger partial charge in [0.05, 0.1) is 11.8 Å². The molecule has 2 amide bonds. The molecule has 0 bridgehead atoms. The summed E-state index contributed by atoms with van der Waals surface area (Å²) in [5.74, 6) is 0.179. The Hall–Kier alpha value is -1.56. The van der Waals surface area contributed by atoms with Crippen LogP contribution in [0.25, 0.3) is 0 Å². The van der Waals surface area contributed by atoms with Crippen molar-refractivity contribution in [1.29, 1.82) is 0 Å². The highest BCUT2D eigenvalue weighted by Crippen LogP contribution is 2.14. The van der Waals surface area contributed by atoms with Crippen LogP contribution in [-0.2, 0) is 13.5 Å². The molecule has 1 heterocycles. The standard InChI is InChI=1S/C16H30N4O2/c1-7-10(2)15(21)9-17-16(22)18-11(3)8-14-12(4)19-20(6)13(14)5/h10-11,15,21H,7-9H2,1-6H3,(H2,17,18,22). The van der Waals surface area contributed by atoms with Gasteiger partial charge in [-0.05, 0) is 38.7 Å². The van der Waals surface area contributed by atoms with Crippen LogP contribution < -0.4 is 10.6 Å². The van der Waals surface area contributed by atoms with Crippen LogP contribution in [0.15, 0.2) is 0 Å². The first-order chi connectivity index (χ1) is 10.3. The summed E-state index contributed by atoms with van der Waals surface area (Å²) in [7, 11) is 1.92. The van der Waals surface area contributed by atoms with Crippen molar-refractivity contribution in [2.75, 3.05) is 6.54 Å². The van der Waals surface area contributed by atoms with E-state index < -0.39 is 6.10 Å². The molecule has 6 heteroatoms. The lowest BCUT2D eigenvalue weighted by molar-refractivity contribution is 0.114. The van der Waals surface area contributed by atoms with Crippen molar-refractivity contribution < 1.29 is 9.90 Å². The van der Waals surface area contributed by atoms with Gasteiger partial charge in [-0.3, -0.25) is 4.68 Å². The number of nitrogens with zero attached hydrogens (tertiary/aromatic N) is 2. The van der Waals surface area contributed by atoms with Crippen molar-refractivity contribution in [3.8, 4) is 0 Å². The molecule has 0 aliphatic heterocycles. The second-order valence-corrected chi connectivity index (χ2v) is 6.19. The van der Waals surface area contributed by atoms with E-state index in [0.717, 1.165) is 24.2 Å². The molecule has 1 aromatic rings. The van der Waals surface area contributed by atoms with Crippen molar-refractivity contribution in [1.82, 2.24) is 20.4 Å². The molecule has 1 rings (SSSR count). The van der Waals surface area contributed by atoms with Crippen LogP contribution in [-0.4, -0.2) is 39.6 Å². The molecule has 3 atom stereocenters. The number of aryl methyl sites for hydroxylation is 2. The van der Waals surface area contributed by atoms with E-state index in [1.54, 1.807) is 0 Å². The van der Waals surface area contributed by atoms with Crippen molar-refractivity contribution in [3.63, 3.8) is 0 Å². The smallest absolute Gasteiger partial charge is 0.315 e. The van der Waals surface area contributed by atoms with Gasteiger partial charge in [0, 0.05) is 25.3 Å². The predicted octanol–water partition coefficient (Wildman–Crippen LogP) is 1.67. The van der Waals surface area contributed by atoms with E-state index in [4.69, 9.17) is 0 Å². The minimum atomic E-state index is -0.506. The van der Waals surface area contributed by atoms with E-state index in [1.807, 2.05) is 46.3 Å². The molecule has 0 aromatic carbocycles. The largest absolute Gasteiger partial charge is 0.391 e. The monoisotopic (exact) mass is 310 g/mol. The number of hydrogen-bond donors (Lipinski definition) is 3. The van der Waals surface area contributed by atoms with Crippen LogP contribution in [0.2, 0.25) is 0 Å². The first-order valence-corrected chi connectivity index (χ1v) is 7.97. The minimum Gasteiger partial charge on any atom is -0.391 e. The van der Waals surface area contributed by atoms with Gasteiger partial charge in [-0.25, -0.2) is 4.79 Å². The van der Waals surface area contributed by atoms with Gasteiger partial charge in [0.15, 0.2) is 0 Å². The molecule has 0 spiro atoms. The Bertz CT molecular complexity index is 499. The second-order valence-electron chi connectivity index (χ2n) is 6.19. The van der Waals surface area contributed by atoms with Crippen LogP contribution >= 0.6 is 0 Å². The topological polar surface area (TPSA) is 79.2 Å². The number of carbonyl (C=O) groups excluding carboxylic acids is 1. The lowest BCUT2D eigenvalue weighted by Gasteiger charge is -2.19. The molecule has 0 saturated heterocycles. The number of rotatable bonds is 7. The summed E-state index contributed by atoms with van der Waals surface area (Å²) in [6.45, 7) is 10.3. The predicted molar refractivity (Wildman–Crippen MR) is 87.8 cm³/mol. The van der Waals surface area contributed by atoms with Gasteiger partial charge in [0.25, 0.3) is 0 Å². The quantitative estimate of drug-likeness (QED) is 0.717. The van der Waals surface area contributed by atoms with E-state index in [1.165, 1.54) is 5.56 Å². The first-order valence-electron chi connectivity index (χ1n) is 7.97. The van der Waals surface area contributed by atoms with Crippen molar-refractivity contribution in [3.05, 3.63) is 17.0 Å². The molecule has 1 aromatic heterocycles. The molecule has 6 nitrogen and oxygen atoms in total. The summed E-state index contributed by atoms with van der Waals surface area (Å²) in [6, 6.07) is -0.239. The van der Waals surface area contributed by atoms with E-state index in [9.17, 15) is 9.90 Å². The fourth-order valence-corrected chi connectivity index (χ4v) is 2.42. The number of aliphatic hydroxyl groups excluding tert-OH is 1. The molecule has 0 fully saturated rings. The van der Waals surface area contributed by atoms with Crippen LogP contribution in [0.4, 0.5) is 4.79 Å². The third-order valence-corrected chi connectivity index (χ3v) is 4.32. The number of aliphatic hydroxyl groups is 1. The minimum absolute atomic E-state index is 0.00217. The van der Waals surface area contributed by atoms with Gasteiger partial charge < -0.3 is 15.7 Å². The highest BCUT2D eigenvalue weighted by Gasteiger charge is 2.16. The van der Waals surface area contributed by atoms with Crippen LogP contribution in [0.1, 0.15) is 44.1 Å². The molecule has 0 radical (unpaired) electrons. The number of hydrogen-bond acceptors (Lipinski definition) is 3. The van der Waals surface area contributed by atoms with Crippen molar-refractivity contribution in [2.24, 2.45) is 13.0 Å². The van der Waals surface area contributed by atoms with E-state index in [-0.39, 0.29) is 24.5 Å². The lowest BCUT2D eigenvalue weighted by Crippen LogP contribution is -2.45.